The van der Waals surface area contributed by atoms with Gasteiger partial charge in [-0.05, 0) is 49.7 Å². The molecule has 0 atom stereocenters. The fourth-order valence-corrected chi connectivity index (χ4v) is 4.23. The van der Waals surface area contributed by atoms with Gasteiger partial charge in [-0.2, -0.15) is 0 Å². The highest BCUT2D eigenvalue weighted by molar-refractivity contribution is 5.98. The standard InChI is InChI=1S/C26H30N4O2/c1-5-20-11-13-29(26(31)19-7-9-23-22(15-19)18(3)17-28-23)14-12-27-24-16-21(32-4)8-10-25(24)30(20)6-2/h5-10,15-17,27-28H,2,11-14H2,1,3-4H3/b20-5-. The Balaban J connectivity index is 1.65. The van der Waals surface area contributed by atoms with Crippen LogP contribution in [0, 0.1) is 6.92 Å². The number of carbonyl (C=O) groups excluding carboxylic acids is 1. The number of H-pyrrole nitrogens is 1. The van der Waals surface area contributed by atoms with Gasteiger partial charge in [-0.25, -0.2) is 0 Å². The first-order valence-corrected chi connectivity index (χ1v) is 10.9. The van der Waals surface area contributed by atoms with E-state index in [0.29, 0.717) is 25.2 Å². The zero-order chi connectivity index (χ0) is 22.7. The number of rotatable bonds is 3. The Morgan fingerprint density at radius 1 is 1.19 bits per heavy atom. The van der Waals surface area contributed by atoms with Crippen LogP contribution in [0.3, 0.4) is 0 Å². The largest absolute Gasteiger partial charge is 0.497 e. The molecule has 1 amide bonds. The summed E-state index contributed by atoms with van der Waals surface area (Å²) < 4.78 is 5.42. The van der Waals surface area contributed by atoms with Crippen LogP contribution in [-0.2, 0) is 0 Å². The van der Waals surface area contributed by atoms with Crippen LogP contribution >= 0.6 is 0 Å². The molecule has 1 aliphatic heterocycles. The predicted octanol–water partition coefficient (Wildman–Crippen LogP) is 5.30. The highest BCUT2D eigenvalue weighted by Gasteiger charge is 2.21. The number of aromatic amines is 1. The van der Waals surface area contributed by atoms with Crippen LogP contribution in [0.2, 0.25) is 0 Å². The zero-order valence-corrected chi connectivity index (χ0v) is 18.9. The number of nitrogens with one attached hydrogen (secondary N) is 2. The van der Waals surface area contributed by atoms with E-state index in [2.05, 4.69) is 34.8 Å². The van der Waals surface area contributed by atoms with E-state index in [1.165, 1.54) is 0 Å². The summed E-state index contributed by atoms with van der Waals surface area (Å²) in [6.07, 6.45) is 6.60. The van der Waals surface area contributed by atoms with Crippen molar-refractivity contribution in [2.75, 3.05) is 37.0 Å². The van der Waals surface area contributed by atoms with Crippen molar-refractivity contribution < 1.29 is 9.53 Å². The molecule has 4 rings (SSSR count). The van der Waals surface area contributed by atoms with Crippen molar-refractivity contribution in [3.05, 3.63) is 78.3 Å². The van der Waals surface area contributed by atoms with Gasteiger partial charge in [-0.15, -0.1) is 0 Å². The van der Waals surface area contributed by atoms with E-state index in [1.54, 1.807) is 7.11 Å². The molecule has 2 N–H and O–H groups in total. The Hall–Kier alpha value is -3.67. The van der Waals surface area contributed by atoms with E-state index >= 15 is 0 Å². The number of benzene rings is 2. The molecular weight excluding hydrogens is 400 g/mol. The summed E-state index contributed by atoms with van der Waals surface area (Å²) in [6.45, 7) is 9.95. The Morgan fingerprint density at radius 3 is 2.78 bits per heavy atom. The molecular formula is C26H30N4O2. The van der Waals surface area contributed by atoms with E-state index in [1.807, 2.05) is 60.6 Å². The second-order valence-electron chi connectivity index (χ2n) is 7.92. The Bertz CT molecular complexity index is 1180. The average Bonchev–Trinajstić information content (AvgIpc) is 3.20. The molecule has 2 heterocycles. The third kappa shape index (κ3) is 4.08. The van der Waals surface area contributed by atoms with Crippen LogP contribution < -0.4 is 15.0 Å². The maximum atomic E-state index is 13.4. The molecule has 0 bridgehead atoms. The molecule has 3 aromatic rings. The van der Waals surface area contributed by atoms with E-state index in [-0.39, 0.29) is 5.91 Å². The van der Waals surface area contributed by atoms with Gasteiger partial charge in [0.05, 0.1) is 18.5 Å². The van der Waals surface area contributed by atoms with Crippen molar-refractivity contribution >= 4 is 28.2 Å². The van der Waals surface area contributed by atoms with Crippen molar-refractivity contribution in [3.8, 4) is 5.75 Å². The molecule has 0 saturated heterocycles. The number of carbonyl (C=O) groups is 1. The van der Waals surface area contributed by atoms with Crippen LogP contribution in [-0.4, -0.2) is 42.5 Å². The lowest BCUT2D eigenvalue weighted by Gasteiger charge is -2.31. The van der Waals surface area contributed by atoms with Crippen LogP contribution in [0.1, 0.15) is 29.3 Å². The lowest BCUT2D eigenvalue weighted by atomic mass is 10.1. The second-order valence-corrected chi connectivity index (χ2v) is 7.92. The maximum Gasteiger partial charge on any atom is 0.253 e. The van der Waals surface area contributed by atoms with Crippen molar-refractivity contribution in [2.24, 2.45) is 0 Å². The Morgan fingerprint density at radius 2 is 2.03 bits per heavy atom. The number of hydrogen-bond donors (Lipinski definition) is 2. The summed E-state index contributed by atoms with van der Waals surface area (Å²) in [5.41, 5.74) is 5.95. The minimum atomic E-state index is 0.0429. The molecule has 6 heteroatoms. The lowest BCUT2D eigenvalue weighted by Crippen LogP contribution is -2.37. The molecule has 1 aliphatic rings. The molecule has 0 radical (unpaired) electrons. The van der Waals surface area contributed by atoms with Crippen LogP contribution in [0.15, 0.2) is 67.1 Å². The molecule has 6 nitrogen and oxygen atoms in total. The van der Waals surface area contributed by atoms with Crippen molar-refractivity contribution in [2.45, 2.75) is 20.3 Å². The smallest absolute Gasteiger partial charge is 0.253 e. The van der Waals surface area contributed by atoms with Gasteiger partial charge in [0.1, 0.15) is 5.75 Å². The van der Waals surface area contributed by atoms with Crippen molar-refractivity contribution in [1.82, 2.24) is 9.88 Å². The minimum absolute atomic E-state index is 0.0429. The number of aryl methyl sites for hydroxylation is 1. The van der Waals surface area contributed by atoms with Gasteiger partial charge in [-0.1, -0.05) is 12.7 Å². The van der Waals surface area contributed by atoms with Crippen molar-refractivity contribution in [1.29, 1.82) is 0 Å². The maximum absolute atomic E-state index is 13.4. The number of allylic oxidation sites excluding steroid dienone is 1. The number of fused-ring (bicyclic) bond motifs is 2. The first-order valence-electron chi connectivity index (χ1n) is 10.9. The fourth-order valence-electron chi connectivity index (χ4n) is 4.23. The van der Waals surface area contributed by atoms with Crippen LogP contribution in [0.5, 0.6) is 5.75 Å². The summed E-state index contributed by atoms with van der Waals surface area (Å²) in [6, 6.07) is 11.8. The molecule has 1 aromatic heterocycles. The van der Waals surface area contributed by atoms with Crippen molar-refractivity contribution in [3.63, 3.8) is 0 Å². The molecule has 0 saturated carbocycles. The highest BCUT2D eigenvalue weighted by atomic mass is 16.5. The summed E-state index contributed by atoms with van der Waals surface area (Å²) >= 11 is 0. The monoisotopic (exact) mass is 430 g/mol. The Kier molecular flexibility index (Phi) is 6.21. The fraction of sp³-hybridized carbons (Fsp3) is 0.269. The summed E-state index contributed by atoms with van der Waals surface area (Å²) in [4.78, 5) is 20.7. The molecule has 2 aromatic carbocycles. The lowest BCUT2D eigenvalue weighted by molar-refractivity contribution is 0.0763. The molecule has 32 heavy (non-hydrogen) atoms. The van der Waals surface area contributed by atoms with Crippen LogP contribution in [0.25, 0.3) is 10.9 Å². The summed E-state index contributed by atoms with van der Waals surface area (Å²) in [7, 11) is 1.66. The quantitative estimate of drug-likeness (QED) is 0.592. The van der Waals surface area contributed by atoms with E-state index in [4.69, 9.17) is 4.74 Å². The third-order valence-corrected chi connectivity index (χ3v) is 6.05. The normalized spacial score (nSPS) is 15.9. The van der Waals surface area contributed by atoms with Gasteiger partial charge in [0.25, 0.3) is 5.91 Å². The van der Waals surface area contributed by atoms with E-state index in [9.17, 15) is 4.79 Å². The second kappa shape index (κ2) is 9.22. The molecule has 0 fully saturated rings. The zero-order valence-electron chi connectivity index (χ0n) is 18.9. The highest BCUT2D eigenvalue weighted by Crippen LogP contribution is 2.34. The van der Waals surface area contributed by atoms with Gasteiger partial charge < -0.3 is 24.8 Å². The first-order chi connectivity index (χ1) is 15.5. The first kappa shape index (κ1) is 21.6. The van der Waals surface area contributed by atoms with Gasteiger partial charge in [0.15, 0.2) is 0 Å². The average molecular weight is 431 g/mol. The Labute approximate surface area is 189 Å². The number of aromatic nitrogens is 1. The van der Waals surface area contributed by atoms with Gasteiger partial charge in [-0.3, -0.25) is 4.79 Å². The topological polar surface area (TPSA) is 60.6 Å². The van der Waals surface area contributed by atoms with Gasteiger partial charge >= 0.3 is 0 Å². The number of methoxy groups -OCH3 is 1. The number of ether oxygens (including phenoxy) is 1. The molecule has 0 spiro atoms. The number of amides is 1. The molecule has 0 unspecified atom stereocenters. The van der Waals surface area contributed by atoms with E-state index in [0.717, 1.165) is 45.7 Å². The number of anilines is 2. The van der Waals surface area contributed by atoms with Gasteiger partial charge in [0, 0.05) is 66.7 Å². The van der Waals surface area contributed by atoms with E-state index < -0.39 is 0 Å². The third-order valence-electron chi connectivity index (χ3n) is 6.05. The minimum Gasteiger partial charge on any atom is -0.497 e. The van der Waals surface area contributed by atoms with Crippen LogP contribution in [0.4, 0.5) is 11.4 Å². The molecule has 166 valence electrons. The predicted molar refractivity (Wildman–Crippen MR) is 131 cm³/mol. The number of nitrogens with zero attached hydrogens (tertiary/aromatic N) is 2. The molecule has 0 aliphatic carbocycles. The summed E-state index contributed by atoms with van der Waals surface area (Å²) in [5.74, 6) is 0.823. The SMILES string of the molecule is C=CN1/C(=C\C)CCN(C(=O)c2ccc3[nH]cc(C)c3c2)CCNc2cc(OC)ccc21. The summed E-state index contributed by atoms with van der Waals surface area (Å²) in [5, 5.41) is 4.58. The number of hydrogen-bond acceptors (Lipinski definition) is 4. The van der Waals surface area contributed by atoms with Gasteiger partial charge in [0.2, 0.25) is 0 Å².